The number of nitrogens with one attached hydrogen (secondary N) is 1. The molecule has 55 heavy (non-hydrogen) atoms. The number of carbonyl (C=O) groups is 3. The van der Waals surface area contributed by atoms with E-state index in [2.05, 4.69) is 76.6 Å². The Morgan fingerprint density at radius 3 is 2.22 bits per heavy atom. The standard InChI is InChI=1S/C45H48N4O6/c1-2-39(30-6-4-3-5-7-30)43(31-8-13-35(50)14-9-31)32-10-15-36(16-11-32)55-38-27-37(28-38)54-25-24-47-20-22-48(23-21-47)34-12-17-40-33(26-34)29-49(45(40)53)41-18-19-42(51)46-44(41)52/h3-17,26,37-38,41,50H,2,18-25,27-29H2,1H3,(H,46,51,52)/b43-39-. The predicted molar refractivity (Wildman–Crippen MR) is 212 cm³/mol. The average Bonchev–Trinajstić information content (AvgIpc) is 3.52. The molecule has 2 saturated heterocycles. The van der Waals surface area contributed by atoms with Gasteiger partial charge in [0.1, 0.15) is 23.6 Å². The lowest BCUT2D eigenvalue weighted by atomic mass is 9.88. The van der Waals surface area contributed by atoms with Crippen LogP contribution in [0.2, 0.25) is 0 Å². The van der Waals surface area contributed by atoms with Gasteiger partial charge < -0.3 is 24.4 Å². The van der Waals surface area contributed by atoms with E-state index in [9.17, 15) is 19.5 Å². The van der Waals surface area contributed by atoms with E-state index in [4.69, 9.17) is 9.47 Å². The van der Waals surface area contributed by atoms with Gasteiger partial charge in [-0.3, -0.25) is 24.6 Å². The van der Waals surface area contributed by atoms with Crippen LogP contribution < -0.4 is 15.0 Å². The highest BCUT2D eigenvalue weighted by Gasteiger charge is 2.39. The fraction of sp³-hybridized carbons (Fsp3) is 0.356. The zero-order chi connectivity index (χ0) is 37.9. The minimum Gasteiger partial charge on any atom is -0.508 e. The van der Waals surface area contributed by atoms with E-state index in [1.807, 2.05) is 30.3 Å². The Morgan fingerprint density at radius 1 is 0.818 bits per heavy atom. The summed E-state index contributed by atoms with van der Waals surface area (Å²) in [6, 6.07) is 31.7. The third kappa shape index (κ3) is 8.02. The Hall–Kier alpha value is -5.45. The predicted octanol–water partition coefficient (Wildman–Crippen LogP) is 6.27. The quantitative estimate of drug-likeness (QED) is 0.129. The molecule has 2 N–H and O–H groups in total. The Labute approximate surface area is 322 Å². The average molecular weight is 741 g/mol. The zero-order valence-corrected chi connectivity index (χ0v) is 31.3. The monoisotopic (exact) mass is 740 g/mol. The number of piperazine rings is 1. The van der Waals surface area contributed by atoms with Gasteiger partial charge in [-0.05, 0) is 88.7 Å². The summed E-state index contributed by atoms with van der Waals surface area (Å²) < 4.78 is 12.6. The van der Waals surface area contributed by atoms with Crippen molar-refractivity contribution in [3.05, 3.63) is 125 Å². The Balaban J connectivity index is 0.782. The molecule has 3 heterocycles. The lowest BCUT2D eigenvalue weighted by molar-refractivity contribution is -0.136. The number of anilines is 1. The summed E-state index contributed by atoms with van der Waals surface area (Å²) in [7, 11) is 0. The van der Waals surface area contributed by atoms with Gasteiger partial charge in [-0.15, -0.1) is 0 Å². The molecule has 10 heteroatoms. The Bertz CT molecular complexity index is 2050. The number of hydrogen-bond donors (Lipinski definition) is 2. The summed E-state index contributed by atoms with van der Waals surface area (Å²) in [5.41, 5.74) is 8.43. The Kier molecular flexibility index (Phi) is 10.7. The van der Waals surface area contributed by atoms with Crippen LogP contribution in [0, 0.1) is 0 Å². The summed E-state index contributed by atoms with van der Waals surface area (Å²) in [6.45, 7) is 7.79. The van der Waals surface area contributed by atoms with Gasteiger partial charge >= 0.3 is 0 Å². The van der Waals surface area contributed by atoms with E-state index in [-0.39, 0.29) is 42.1 Å². The van der Waals surface area contributed by atoms with Gasteiger partial charge in [0.15, 0.2) is 0 Å². The maximum absolute atomic E-state index is 13.1. The van der Waals surface area contributed by atoms with Crippen LogP contribution in [-0.2, 0) is 20.9 Å². The van der Waals surface area contributed by atoms with Crippen molar-refractivity contribution in [2.75, 3.05) is 44.2 Å². The number of phenolic OH excluding ortho intramolecular Hbond substituents is 1. The van der Waals surface area contributed by atoms with Crippen molar-refractivity contribution in [3.8, 4) is 11.5 Å². The molecule has 284 valence electrons. The van der Waals surface area contributed by atoms with E-state index >= 15 is 0 Å². The molecule has 0 bridgehead atoms. The molecule has 4 aromatic rings. The lowest BCUT2D eigenvalue weighted by Crippen LogP contribution is -2.52. The molecule has 0 spiro atoms. The second-order valence-corrected chi connectivity index (χ2v) is 14.9. The number of nitrogens with zero attached hydrogens (tertiary/aromatic N) is 3. The SMILES string of the molecule is CC/C(=C(\c1ccc(O)cc1)c1ccc(OC2CC(OCCN3CCN(c4ccc5c(c4)CN(C4CCC(=O)NC4=O)C5=O)CC3)C2)cc1)c1ccccc1. The molecule has 3 aliphatic heterocycles. The highest BCUT2D eigenvalue weighted by Crippen LogP contribution is 2.37. The van der Waals surface area contributed by atoms with Crippen LogP contribution in [0.1, 0.15) is 71.6 Å². The number of aromatic hydroxyl groups is 1. The number of fused-ring (bicyclic) bond motifs is 1. The fourth-order valence-corrected chi connectivity index (χ4v) is 8.29. The van der Waals surface area contributed by atoms with Crippen molar-refractivity contribution < 1.29 is 29.0 Å². The second kappa shape index (κ2) is 16.1. The van der Waals surface area contributed by atoms with E-state index in [1.165, 1.54) is 11.1 Å². The number of piperidine rings is 1. The number of amides is 3. The van der Waals surface area contributed by atoms with Crippen LogP contribution in [-0.4, -0.2) is 90.2 Å². The first-order valence-electron chi connectivity index (χ1n) is 19.5. The van der Waals surface area contributed by atoms with E-state index in [0.29, 0.717) is 25.1 Å². The maximum atomic E-state index is 13.1. The van der Waals surface area contributed by atoms with Gasteiger partial charge in [-0.1, -0.05) is 61.5 Å². The van der Waals surface area contributed by atoms with Gasteiger partial charge in [0, 0.05) is 69.8 Å². The normalized spacial score (nSPS) is 21.8. The van der Waals surface area contributed by atoms with Crippen molar-refractivity contribution >= 4 is 34.6 Å². The van der Waals surface area contributed by atoms with Crippen LogP contribution in [0.3, 0.4) is 0 Å². The zero-order valence-electron chi connectivity index (χ0n) is 31.3. The number of rotatable bonds is 12. The first-order valence-corrected chi connectivity index (χ1v) is 19.5. The molecule has 8 rings (SSSR count). The first-order chi connectivity index (χ1) is 26.8. The molecule has 4 aliphatic rings. The third-order valence-electron chi connectivity index (χ3n) is 11.4. The highest BCUT2D eigenvalue weighted by molar-refractivity contribution is 6.05. The van der Waals surface area contributed by atoms with E-state index in [0.717, 1.165) is 85.7 Å². The molecule has 10 nitrogen and oxygen atoms in total. The van der Waals surface area contributed by atoms with Gasteiger partial charge in [0.25, 0.3) is 5.91 Å². The number of allylic oxidation sites excluding steroid dienone is 1. The summed E-state index contributed by atoms with van der Waals surface area (Å²) in [5.74, 6) is 0.306. The molecule has 3 fully saturated rings. The van der Waals surface area contributed by atoms with Gasteiger partial charge in [0.2, 0.25) is 11.8 Å². The minimum absolute atomic E-state index is 0.140. The van der Waals surface area contributed by atoms with Crippen LogP contribution in [0.15, 0.2) is 97.1 Å². The van der Waals surface area contributed by atoms with E-state index in [1.54, 1.807) is 17.0 Å². The smallest absolute Gasteiger partial charge is 0.255 e. The molecule has 1 aliphatic carbocycles. The van der Waals surface area contributed by atoms with Crippen LogP contribution >= 0.6 is 0 Å². The summed E-state index contributed by atoms with van der Waals surface area (Å²) in [6.07, 6.45) is 3.59. The number of imide groups is 1. The van der Waals surface area contributed by atoms with Crippen molar-refractivity contribution in [2.45, 2.75) is 63.8 Å². The van der Waals surface area contributed by atoms with Gasteiger partial charge in [-0.2, -0.15) is 0 Å². The largest absolute Gasteiger partial charge is 0.508 e. The fourth-order valence-electron chi connectivity index (χ4n) is 8.29. The topological polar surface area (TPSA) is 112 Å². The van der Waals surface area contributed by atoms with Crippen LogP contribution in [0.5, 0.6) is 11.5 Å². The molecule has 1 atom stereocenters. The van der Waals surface area contributed by atoms with Gasteiger partial charge in [-0.25, -0.2) is 0 Å². The van der Waals surface area contributed by atoms with Crippen molar-refractivity contribution in [1.82, 2.24) is 15.1 Å². The molecular formula is C45H48N4O6. The Morgan fingerprint density at radius 2 is 1.53 bits per heavy atom. The number of ether oxygens (including phenoxy) is 2. The number of hydrogen-bond acceptors (Lipinski definition) is 8. The maximum Gasteiger partial charge on any atom is 0.255 e. The molecule has 1 unspecified atom stereocenters. The molecule has 0 aromatic heterocycles. The second-order valence-electron chi connectivity index (χ2n) is 14.9. The van der Waals surface area contributed by atoms with Crippen molar-refractivity contribution in [2.24, 2.45) is 0 Å². The lowest BCUT2D eigenvalue weighted by Gasteiger charge is -2.38. The number of benzene rings is 4. The summed E-state index contributed by atoms with van der Waals surface area (Å²) >= 11 is 0. The van der Waals surface area contributed by atoms with E-state index < -0.39 is 6.04 Å². The van der Waals surface area contributed by atoms with Crippen molar-refractivity contribution in [1.29, 1.82) is 0 Å². The summed E-state index contributed by atoms with van der Waals surface area (Å²) in [4.78, 5) is 43.5. The molecule has 0 radical (unpaired) electrons. The molecule has 4 aromatic carbocycles. The highest BCUT2D eigenvalue weighted by atomic mass is 16.5. The molecular weight excluding hydrogens is 693 g/mol. The van der Waals surface area contributed by atoms with Crippen LogP contribution in [0.4, 0.5) is 5.69 Å². The summed E-state index contributed by atoms with van der Waals surface area (Å²) in [5, 5.41) is 12.3. The van der Waals surface area contributed by atoms with Gasteiger partial charge in [0.05, 0.1) is 12.7 Å². The van der Waals surface area contributed by atoms with Crippen LogP contribution in [0.25, 0.3) is 11.1 Å². The molecule has 3 amide bonds. The number of phenols is 1. The van der Waals surface area contributed by atoms with Crippen molar-refractivity contribution in [3.63, 3.8) is 0 Å². The minimum atomic E-state index is -0.599. The molecule has 1 saturated carbocycles. The first kappa shape index (κ1) is 36.5. The third-order valence-corrected chi connectivity index (χ3v) is 11.4. The number of carbonyl (C=O) groups excluding carboxylic acids is 3.